The first-order valence-corrected chi connectivity index (χ1v) is 20.4. The average Bonchev–Trinajstić information content (AvgIpc) is 3.21. The van der Waals surface area contributed by atoms with Gasteiger partial charge < -0.3 is 11.1 Å². The highest BCUT2D eigenvalue weighted by molar-refractivity contribution is 9.09. The molecule has 0 aliphatic rings. The number of hydrogen-bond donors (Lipinski definition) is 2. The van der Waals surface area contributed by atoms with Crippen molar-refractivity contribution < 1.29 is 4.79 Å². The van der Waals surface area contributed by atoms with Gasteiger partial charge in [0.15, 0.2) is 0 Å². The summed E-state index contributed by atoms with van der Waals surface area (Å²) in [5.74, 6) is 1.10. The number of nitrogens with zero attached hydrogens (tertiary/aromatic N) is 1. The molecule has 264 valence electrons. The monoisotopic (exact) mass is 785 g/mol. The second-order valence-corrected chi connectivity index (χ2v) is 15.9. The van der Waals surface area contributed by atoms with E-state index in [0.29, 0.717) is 18.8 Å². The van der Waals surface area contributed by atoms with Crippen LogP contribution in [0.5, 0.6) is 0 Å². The first-order chi connectivity index (χ1) is 25.5. The molecule has 0 heterocycles. The minimum atomic E-state index is -0.550. The van der Waals surface area contributed by atoms with E-state index in [0.717, 1.165) is 29.0 Å². The molecule has 0 aliphatic heterocycles. The van der Waals surface area contributed by atoms with Gasteiger partial charge in [0.25, 0.3) is 0 Å². The van der Waals surface area contributed by atoms with Gasteiger partial charge in [-0.2, -0.15) is 0 Å². The molecule has 1 amide bonds. The summed E-state index contributed by atoms with van der Waals surface area (Å²) in [6, 6.07) is 63.6. The van der Waals surface area contributed by atoms with Gasteiger partial charge in [-0.1, -0.05) is 198 Å². The fourth-order valence-electron chi connectivity index (χ4n) is 6.78. The van der Waals surface area contributed by atoms with Gasteiger partial charge >= 0.3 is 0 Å². The lowest BCUT2D eigenvalue weighted by Gasteiger charge is -2.36. The summed E-state index contributed by atoms with van der Waals surface area (Å²) in [5, 5.41) is 2.85. The Morgan fingerprint density at radius 1 is 0.538 bits per heavy atom. The fraction of sp³-hybridized carbons (Fsp3) is 0.178. The van der Waals surface area contributed by atoms with Crippen molar-refractivity contribution in [1.29, 1.82) is 0 Å². The van der Waals surface area contributed by atoms with E-state index in [2.05, 4.69) is 190 Å². The minimum absolute atomic E-state index is 0.00844. The third-order valence-corrected chi connectivity index (χ3v) is 12.9. The van der Waals surface area contributed by atoms with Crippen LogP contribution in [-0.4, -0.2) is 47.0 Å². The summed E-state index contributed by atoms with van der Waals surface area (Å²) in [6.07, 6.45) is 0. The average molecular weight is 787 g/mol. The standard InChI is InChI=1S/C45H44BrN3OS2/c46-43(47)49(33-34-51-44(36-19-7-1-8-20-36,37-21-9-2-10-22-37)38-23-11-3-12-24-38)32-31-48-42(50)35-52-45(39-25-13-4-14-26-39,40-27-15-5-16-28-40)41-29-17-6-18-30-41/h1-30,43H,31-35,47H2,(H,48,50). The van der Waals surface area contributed by atoms with Gasteiger partial charge in [-0.15, -0.1) is 23.5 Å². The molecule has 6 aromatic rings. The van der Waals surface area contributed by atoms with Crippen LogP contribution in [0.2, 0.25) is 0 Å². The summed E-state index contributed by atoms with van der Waals surface area (Å²) in [6.45, 7) is 1.83. The van der Waals surface area contributed by atoms with E-state index in [1.807, 2.05) is 30.0 Å². The predicted octanol–water partition coefficient (Wildman–Crippen LogP) is 9.49. The number of rotatable bonds is 17. The lowest BCUT2D eigenvalue weighted by atomic mass is 9.84. The predicted molar refractivity (Wildman–Crippen MR) is 225 cm³/mol. The number of carbonyl (C=O) groups excluding carboxylic acids is 1. The molecule has 6 rings (SSSR count). The molecule has 0 radical (unpaired) electrons. The van der Waals surface area contributed by atoms with Gasteiger partial charge in [-0.25, -0.2) is 0 Å². The highest BCUT2D eigenvalue weighted by Crippen LogP contribution is 2.49. The lowest BCUT2D eigenvalue weighted by molar-refractivity contribution is -0.118. The van der Waals surface area contributed by atoms with Gasteiger partial charge in [-0.3, -0.25) is 9.69 Å². The number of benzene rings is 6. The number of alkyl halides is 1. The van der Waals surface area contributed by atoms with Crippen molar-refractivity contribution in [2.24, 2.45) is 5.73 Å². The molecule has 52 heavy (non-hydrogen) atoms. The minimum Gasteiger partial charge on any atom is -0.354 e. The fourth-order valence-corrected chi connectivity index (χ4v) is 10.1. The van der Waals surface area contributed by atoms with Gasteiger partial charge in [0.1, 0.15) is 5.08 Å². The van der Waals surface area contributed by atoms with Crippen LogP contribution < -0.4 is 11.1 Å². The number of nitrogens with one attached hydrogen (secondary N) is 1. The highest BCUT2D eigenvalue weighted by Gasteiger charge is 2.38. The Morgan fingerprint density at radius 2 is 0.846 bits per heavy atom. The number of amides is 1. The molecule has 0 bridgehead atoms. The number of halogens is 1. The summed E-state index contributed by atoms with van der Waals surface area (Å²) in [7, 11) is 0. The summed E-state index contributed by atoms with van der Waals surface area (Å²) < 4.78 is -0.953. The second kappa shape index (κ2) is 18.6. The maximum Gasteiger partial charge on any atom is 0.230 e. The number of nitrogens with two attached hydrogens (primary N) is 1. The van der Waals surface area contributed by atoms with E-state index >= 15 is 0 Å². The van der Waals surface area contributed by atoms with E-state index in [-0.39, 0.29) is 11.0 Å². The summed E-state index contributed by atoms with van der Waals surface area (Å²) >= 11 is 7.19. The van der Waals surface area contributed by atoms with Gasteiger partial charge in [0.05, 0.1) is 15.2 Å². The molecule has 3 N–H and O–H groups in total. The lowest BCUT2D eigenvalue weighted by Crippen LogP contribution is -2.44. The van der Waals surface area contributed by atoms with Crippen LogP contribution in [0.1, 0.15) is 33.4 Å². The molecule has 4 nitrogen and oxygen atoms in total. The van der Waals surface area contributed by atoms with E-state index in [4.69, 9.17) is 5.73 Å². The van der Waals surface area contributed by atoms with Crippen LogP contribution >= 0.6 is 39.5 Å². The molecule has 7 heteroatoms. The van der Waals surface area contributed by atoms with E-state index in [1.54, 1.807) is 11.8 Å². The molecule has 6 aromatic carbocycles. The Labute approximate surface area is 325 Å². The molecule has 1 atom stereocenters. The van der Waals surface area contributed by atoms with Crippen LogP contribution in [0.15, 0.2) is 182 Å². The Hall–Kier alpha value is -4.11. The number of carbonyl (C=O) groups is 1. The van der Waals surface area contributed by atoms with Crippen molar-refractivity contribution in [2.45, 2.75) is 14.6 Å². The maximum absolute atomic E-state index is 13.6. The van der Waals surface area contributed by atoms with E-state index in [1.165, 1.54) is 16.7 Å². The summed E-state index contributed by atoms with van der Waals surface area (Å²) in [5.41, 5.74) is 13.6. The first-order valence-electron chi connectivity index (χ1n) is 17.6. The molecule has 0 fully saturated rings. The zero-order valence-electron chi connectivity index (χ0n) is 29.1. The van der Waals surface area contributed by atoms with Crippen LogP contribution in [0.25, 0.3) is 0 Å². The highest BCUT2D eigenvalue weighted by atomic mass is 79.9. The third-order valence-electron chi connectivity index (χ3n) is 9.27. The second-order valence-electron chi connectivity index (χ2n) is 12.5. The quantitative estimate of drug-likeness (QED) is 0.0418. The number of thioether (sulfide) groups is 2. The maximum atomic E-state index is 13.6. The van der Waals surface area contributed by atoms with Crippen molar-refractivity contribution >= 4 is 45.4 Å². The third kappa shape index (κ3) is 8.74. The van der Waals surface area contributed by atoms with Crippen molar-refractivity contribution in [3.8, 4) is 0 Å². The topological polar surface area (TPSA) is 58.4 Å². The molecular formula is C45H44BrN3OS2. The van der Waals surface area contributed by atoms with Crippen molar-refractivity contribution in [3.05, 3.63) is 215 Å². The molecule has 0 aliphatic carbocycles. The van der Waals surface area contributed by atoms with Gasteiger partial charge in [0, 0.05) is 25.4 Å². The normalized spacial score (nSPS) is 12.4. The van der Waals surface area contributed by atoms with Crippen LogP contribution in [0.4, 0.5) is 0 Å². The Bertz CT molecular complexity index is 1740. The molecule has 1 unspecified atom stereocenters. The molecule has 0 spiro atoms. The Balaban J connectivity index is 1.14. The number of hydrogen-bond acceptors (Lipinski definition) is 5. The zero-order chi connectivity index (χ0) is 36.1. The zero-order valence-corrected chi connectivity index (χ0v) is 32.3. The summed E-state index contributed by atoms with van der Waals surface area (Å²) in [4.78, 5) is 15.7. The van der Waals surface area contributed by atoms with Crippen LogP contribution in [-0.2, 0) is 14.3 Å². The van der Waals surface area contributed by atoms with Crippen molar-refractivity contribution in [3.63, 3.8) is 0 Å². The van der Waals surface area contributed by atoms with Crippen LogP contribution in [0, 0.1) is 0 Å². The van der Waals surface area contributed by atoms with Crippen molar-refractivity contribution in [2.75, 3.05) is 31.1 Å². The Morgan fingerprint density at radius 3 is 1.15 bits per heavy atom. The smallest absolute Gasteiger partial charge is 0.230 e. The van der Waals surface area contributed by atoms with Gasteiger partial charge in [-0.05, 0) is 33.4 Å². The molecular weight excluding hydrogens is 743 g/mol. The Kier molecular flexibility index (Phi) is 13.5. The van der Waals surface area contributed by atoms with Crippen LogP contribution in [0.3, 0.4) is 0 Å². The largest absolute Gasteiger partial charge is 0.354 e. The molecule has 0 aromatic heterocycles. The van der Waals surface area contributed by atoms with E-state index in [9.17, 15) is 4.79 Å². The molecule has 0 saturated carbocycles. The van der Waals surface area contributed by atoms with Gasteiger partial charge in [0.2, 0.25) is 5.91 Å². The van der Waals surface area contributed by atoms with Crippen molar-refractivity contribution in [1.82, 2.24) is 10.2 Å². The molecule has 0 saturated heterocycles. The van der Waals surface area contributed by atoms with E-state index < -0.39 is 9.49 Å². The first kappa shape index (κ1) is 37.6. The SMILES string of the molecule is NC(Br)N(CCNC(=O)CSC(c1ccccc1)(c1ccccc1)c1ccccc1)CCSC(c1ccccc1)(c1ccccc1)c1ccccc1.